The van der Waals surface area contributed by atoms with Gasteiger partial charge in [-0.25, -0.2) is 0 Å². The van der Waals surface area contributed by atoms with Crippen LogP contribution in [-0.4, -0.2) is 36.2 Å². The molecule has 0 bridgehead atoms. The third-order valence-corrected chi connectivity index (χ3v) is 2.88. The summed E-state index contributed by atoms with van der Waals surface area (Å²) in [6, 6.07) is 1.13. The van der Waals surface area contributed by atoms with Crippen LogP contribution in [0.25, 0.3) is 0 Å². The molecule has 0 saturated carbocycles. The molecule has 0 aromatic heterocycles. The zero-order valence-electron chi connectivity index (χ0n) is 7.09. The van der Waals surface area contributed by atoms with Gasteiger partial charge in [0.15, 0.2) is 0 Å². The fourth-order valence-electron chi connectivity index (χ4n) is 2.21. The Morgan fingerprint density at radius 3 is 3.09 bits per heavy atom. The quantitative estimate of drug-likeness (QED) is 0.506. The molecule has 3 atom stereocenters. The van der Waals surface area contributed by atoms with E-state index < -0.39 is 0 Å². The molecule has 3 heteroatoms. The Morgan fingerprint density at radius 2 is 2.36 bits per heavy atom. The number of rotatable bonds is 0. The van der Waals surface area contributed by atoms with Crippen LogP contribution in [0.1, 0.15) is 19.8 Å². The summed E-state index contributed by atoms with van der Waals surface area (Å²) in [6.45, 7) is 4.54. The van der Waals surface area contributed by atoms with E-state index in [-0.39, 0.29) is 0 Å². The van der Waals surface area contributed by atoms with Crippen LogP contribution < -0.4 is 11.1 Å². The molecule has 0 radical (unpaired) electrons. The van der Waals surface area contributed by atoms with Gasteiger partial charge >= 0.3 is 0 Å². The summed E-state index contributed by atoms with van der Waals surface area (Å²) in [5, 5.41) is 3.49. The minimum atomic E-state index is 0.396. The second kappa shape index (κ2) is 2.73. The smallest absolute Gasteiger partial charge is 0.0615 e. The SMILES string of the molecule is CC1CCNC2CC(N)CN12. The van der Waals surface area contributed by atoms with Gasteiger partial charge in [0.25, 0.3) is 0 Å². The zero-order valence-corrected chi connectivity index (χ0v) is 7.09. The van der Waals surface area contributed by atoms with E-state index in [1.807, 2.05) is 0 Å². The standard InChI is InChI=1S/C8H17N3/c1-6-2-3-10-8-4-7(9)5-11(6)8/h6-8,10H,2-5,9H2,1H3. The highest BCUT2D eigenvalue weighted by Gasteiger charge is 2.34. The Bertz CT molecular complexity index is 148. The lowest BCUT2D eigenvalue weighted by molar-refractivity contribution is 0.120. The highest BCUT2D eigenvalue weighted by molar-refractivity contribution is 4.91. The molecule has 0 aromatic rings. The molecular weight excluding hydrogens is 138 g/mol. The van der Waals surface area contributed by atoms with Crippen molar-refractivity contribution in [2.45, 2.75) is 38.0 Å². The number of fused-ring (bicyclic) bond motifs is 1. The Balaban J connectivity index is 2.03. The number of nitrogens with one attached hydrogen (secondary N) is 1. The lowest BCUT2D eigenvalue weighted by Crippen LogP contribution is -2.51. The van der Waals surface area contributed by atoms with Crippen molar-refractivity contribution in [3.05, 3.63) is 0 Å². The van der Waals surface area contributed by atoms with Crippen molar-refractivity contribution in [2.75, 3.05) is 13.1 Å². The van der Waals surface area contributed by atoms with E-state index in [1.54, 1.807) is 0 Å². The van der Waals surface area contributed by atoms with E-state index in [2.05, 4.69) is 17.1 Å². The molecule has 3 nitrogen and oxygen atoms in total. The van der Waals surface area contributed by atoms with Crippen LogP contribution in [0.2, 0.25) is 0 Å². The number of hydrogen-bond acceptors (Lipinski definition) is 3. The molecule has 2 saturated heterocycles. The molecule has 0 aromatic carbocycles. The first-order chi connectivity index (χ1) is 5.27. The van der Waals surface area contributed by atoms with E-state index in [1.165, 1.54) is 6.42 Å². The van der Waals surface area contributed by atoms with E-state index in [4.69, 9.17) is 5.73 Å². The maximum Gasteiger partial charge on any atom is 0.0615 e. The summed E-state index contributed by atoms with van der Waals surface area (Å²) in [6.07, 6.45) is 2.97. The summed E-state index contributed by atoms with van der Waals surface area (Å²) in [7, 11) is 0. The summed E-state index contributed by atoms with van der Waals surface area (Å²) in [5.41, 5.74) is 5.88. The normalized spacial score (nSPS) is 45.8. The van der Waals surface area contributed by atoms with Gasteiger partial charge in [-0.05, 0) is 26.3 Å². The van der Waals surface area contributed by atoms with Gasteiger partial charge in [-0.2, -0.15) is 0 Å². The van der Waals surface area contributed by atoms with Crippen molar-refractivity contribution in [2.24, 2.45) is 5.73 Å². The average molecular weight is 155 g/mol. The molecule has 0 spiro atoms. The van der Waals surface area contributed by atoms with Gasteiger partial charge in [0.2, 0.25) is 0 Å². The van der Waals surface area contributed by atoms with E-state index in [0.717, 1.165) is 25.6 Å². The summed E-state index contributed by atoms with van der Waals surface area (Å²) in [4.78, 5) is 2.49. The third-order valence-electron chi connectivity index (χ3n) is 2.88. The Kier molecular flexibility index (Phi) is 1.87. The second-order valence-corrected chi connectivity index (χ2v) is 3.80. The van der Waals surface area contributed by atoms with Gasteiger partial charge in [0, 0.05) is 18.6 Å². The van der Waals surface area contributed by atoms with Gasteiger partial charge < -0.3 is 11.1 Å². The molecule has 3 N–H and O–H groups in total. The Hall–Kier alpha value is -0.120. The molecule has 64 valence electrons. The zero-order chi connectivity index (χ0) is 7.84. The van der Waals surface area contributed by atoms with Crippen LogP contribution in [0.5, 0.6) is 0 Å². The van der Waals surface area contributed by atoms with Crippen LogP contribution in [0.3, 0.4) is 0 Å². The van der Waals surface area contributed by atoms with Crippen molar-refractivity contribution in [3.8, 4) is 0 Å². The topological polar surface area (TPSA) is 41.3 Å². The number of nitrogens with zero attached hydrogens (tertiary/aromatic N) is 1. The fraction of sp³-hybridized carbons (Fsp3) is 1.00. The fourth-order valence-corrected chi connectivity index (χ4v) is 2.21. The average Bonchev–Trinajstić information content (AvgIpc) is 2.31. The number of hydrogen-bond donors (Lipinski definition) is 2. The molecule has 11 heavy (non-hydrogen) atoms. The first-order valence-corrected chi connectivity index (χ1v) is 4.52. The minimum Gasteiger partial charge on any atom is -0.326 e. The molecular formula is C8H17N3. The van der Waals surface area contributed by atoms with Gasteiger partial charge in [0.05, 0.1) is 6.17 Å². The van der Waals surface area contributed by atoms with Gasteiger partial charge in [-0.3, -0.25) is 4.90 Å². The van der Waals surface area contributed by atoms with E-state index in [0.29, 0.717) is 12.2 Å². The monoisotopic (exact) mass is 155 g/mol. The molecule has 2 fully saturated rings. The lowest BCUT2D eigenvalue weighted by Gasteiger charge is -2.36. The minimum absolute atomic E-state index is 0.396. The molecule has 2 aliphatic heterocycles. The summed E-state index contributed by atoms with van der Waals surface area (Å²) < 4.78 is 0. The number of nitrogens with two attached hydrogens (primary N) is 1. The largest absolute Gasteiger partial charge is 0.326 e. The summed E-state index contributed by atoms with van der Waals surface area (Å²) in [5.74, 6) is 0. The second-order valence-electron chi connectivity index (χ2n) is 3.80. The van der Waals surface area contributed by atoms with Crippen molar-refractivity contribution in [3.63, 3.8) is 0 Å². The van der Waals surface area contributed by atoms with Crippen molar-refractivity contribution in [1.82, 2.24) is 10.2 Å². The highest BCUT2D eigenvalue weighted by Crippen LogP contribution is 2.21. The molecule has 2 rings (SSSR count). The van der Waals surface area contributed by atoms with Crippen molar-refractivity contribution >= 4 is 0 Å². The lowest BCUT2D eigenvalue weighted by atomic mass is 10.1. The predicted molar refractivity (Wildman–Crippen MR) is 45.2 cm³/mol. The van der Waals surface area contributed by atoms with Gasteiger partial charge in [-0.1, -0.05) is 0 Å². The van der Waals surface area contributed by atoms with Crippen molar-refractivity contribution in [1.29, 1.82) is 0 Å². The molecule has 0 amide bonds. The first kappa shape index (κ1) is 7.53. The maximum atomic E-state index is 5.88. The molecule has 2 aliphatic rings. The highest BCUT2D eigenvalue weighted by atomic mass is 15.3. The Labute approximate surface area is 67.9 Å². The van der Waals surface area contributed by atoms with Crippen LogP contribution >= 0.6 is 0 Å². The van der Waals surface area contributed by atoms with Crippen molar-refractivity contribution < 1.29 is 0 Å². The predicted octanol–water partition coefficient (Wildman–Crippen LogP) is -0.273. The van der Waals surface area contributed by atoms with Gasteiger partial charge in [0.1, 0.15) is 0 Å². The van der Waals surface area contributed by atoms with Crippen LogP contribution in [0.4, 0.5) is 0 Å². The maximum absolute atomic E-state index is 5.88. The molecule has 0 aliphatic carbocycles. The third kappa shape index (κ3) is 1.28. The Morgan fingerprint density at radius 1 is 1.55 bits per heavy atom. The van der Waals surface area contributed by atoms with E-state index >= 15 is 0 Å². The van der Waals surface area contributed by atoms with Crippen LogP contribution in [-0.2, 0) is 0 Å². The molecule has 2 heterocycles. The molecule has 3 unspecified atom stereocenters. The van der Waals surface area contributed by atoms with Crippen LogP contribution in [0, 0.1) is 0 Å². The van der Waals surface area contributed by atoms with E-state index in [9.17, 15) is 0 Å². The van der Waals surface area contributed by atoms with Gasteiger partial charge in [-0.15, -0.1) is 0 Å². The summed E-state index contributed by atoms with van der Waals surface area (Å²) >= 11 is 0. The van der Waals surface area contributed by atoms with Crippen LogP contribution in [0.15, 0.2) is 0 Å². The first-order valence-electron chi connectivity index (χ1n) is 4.52.